The zero-order chi connectivity index (χ0) is 22.2. The summed E-state index contributed by atoms with van der Waals surface area (Å²) in [5.74, 6) is -0.683. The topological polar surface area (TPSA) is 66.5 Å². The van der Waals surface area contributed by atoms with Crippen molar-refractivity contribution in [2.45, 2.75) is 13.3 Å². The van der Waals surface area contributed by atoms with Crippen LogP contribution in [0.4, 0.5) is 11.4 Å². The molecule has 1 N–H and O–H groups in total. The molecule has 0 spiro atoms. The van der Waals surface area contributed by atoms with Gasteiger partial charge in [-0.15, -0.1) is 0 Å². The highest BCUT2D eigenvalue weighted by Crippen LogP contribution is 2.43. The molecule has 0 radical (unpaired) electrons. The van der Waals surface area contributed by atoms with Crippen molar-refractivity contribution < 1.29 is 13.2 Å². The number of benzene rings is 3. The quantitative estimate of drug-likeness (QED) is 0.600. The fourth-order valence-corrected chi connectivity index (χ4v) is 5.39. The van der Waals surface area contributed by atoms with E-state index < -0.39 is 15.9 Å². The summed E-state index contributed by atoms with van der Waals surface area (Å²) in [7, 11) is -2.67. The zero-order valence-corrected chi connectivity index (χ0v) is 18.7. The molecule has 3 aromatic carbocycles. The van der Waals surface area contributed by atoms with Gasteiger partial charge in [-0.3, -0.25) is 9.10 Å². The molecule has 0 saturated carbocycles. The number of hydrogen-bond acceptors (Lipinski definition) is 3. The van der Waals surface area contributed by atoms with E-state index >= 15 is 0 Å². The van der Waals surface area contributed by atoms with Crippen LogP contribution < -0.4 is 9.62 Å². The summed E-state index contributed by atoms with van der Waals surface area (Å²) in [4.78, 5) is 13.2. The maximum absolute atomic E-state index is 13.5. The van der Waals surface area contributed by atoms with Gasteiger partial charge in [-0.1, -0.05) is 67.1 Å². The van der Waals surface area contributed by atoms with Crippen molar-refractivity contribution >= 4 is 44.5 Å². The average molecular weight is 453 g/mol. The Morgan fingerprint density at radius 2 is 1.68 bits per heavy atom. The molecule has 5 nitrogen and oxygen atoms in total. The highest BCUT2D eigenvalue weighted by Gasteiger charge is 2.39. The van der Waals surface area contributed by atoms with Crippen LogP contribution in [0.3, 0.4) is 0 Å². The van der Waals surface area contributed by atoms with E-state index in [1.54, 1.807) is 54.6 Å². The number of carbonyl (C=O) groups is 1. The van der Waals surface area contributed by atoms with Gasteiger partial charge in [-0.25, -0.2) is 8.42 Å². The molecule has 4 rings (SSSR count). The molecule has 1 aliphatic rings. The Labute approximate surface area is 187 Å². The van der Waals surface area contributed by atoms with Crippen LogP contribution in [0.2, 0.25) is 5.02 Å². The highest BCUT2D eigenvalue weighted by atomic mass is 35.5. The van der Waals surface area contributed by atoms with Crippen LogP contribution in [0.15, 0.2) is 77.7 Å². The van der Waals surface area contributed by atoms with Gasteiger partial charge in [0, 0.05) is 28.9 Å². The molecule has 0 unspecified atom stereocenters. The third-order valence-corrected chi connectivity index (χ3v) is 7.39. The minimum Gasteiger partial charge on any atom is -0.321 e. The standard InChI is InChI=1S/C24H21ClN2O3S/c1-3-16-9-7-8-12-20(16)26-24(28)23-22(17-10-5-4-6-11-17)19-15-18(25)13-14-21(19)27(2)31(23,29)30/h4-15H,3H2,1-2H3,(H,26,28). The van der Waals surface area contributed by atoms with Gasteiger partial charge < -0.3 is 5.32 Å². The molecule has 0 saturated heterocycles. The first-order valence-corrected chi connectivity index (χ1v) is 11.6. The van der Waals surface area contributed by atoms with Crippen molar-refractivity contribution in [3.63, 3.8) is 0 Å². The minimum absolute atomic E-state index is 0.304. The zero-order valence-electron chi connectivity index (χ0n) is 17.1. The van der Waals surface area contributed by atoms with Crippen LogP contribution >= 0.6 is 11.6 Å². The molecular formula is C24H21ClN2O3S. The van der Waals surface area contributed by atoms with Gasteiger partial charge >= 0.3 is 0 Å². The van der Waals surface area contributed by atoms with E-state index in [4.69, 9.17) is 11.6 Å². The third kappa shape index (κ3) is 3.73. The van der Waals surface area contributed by atoms with Crippen molar-refractivity contribution in [2.75, 3.05) is 16.7 Å². The minimum atomic E-state index is -4.11. The summed E-state index contributed by atoms with van der Waals surface area (Å²) >= 11 is 6.25. The molecule has 0 atom stereocenters. The fourth-order valence-electron chi connectivity index (χ4n) is 3.75. The lowest BCUT2D eigenvalue weighted by atomic mass is 9.95. The lowest BCUT2D eigenvalue weighted by molar-refractivity contribution is -0.112. The number of hydrogen-bond donors (Lipinski definition) is 1. The SMILES string of the molecule is CCc1ccccc1NC(=O)C1=C(c2ccccc2)c2cc(Cl)ccc2N(C)S1(=O)=O. The van der Waals surface area contributed by atoms with E-state index in [2.05, 4.69) is 5.32 Å². The van der Waals surface area contributed by atoms with Crippen LogP contribution in [0.1, 0.15) is 23.6 Å². The molecule has 3 aromatic rings. The van der Waals surface area contributed by atoms with Crippen molar-refractivity contribution in [2.24, 2.45) is 0 Å². The maximum atomic E-state index is 13.5. The number of nitrogens with zero attached hydrogens (tertiary/aromatic N) is 1. The maximum Gasteiger partial charge on any atom is 0.270 e. The Morgan fingerprint density at radius 1 is 1.00 bits per heavy atom. The van der Waals surface area contributed by atoms with E-state index in [1.807, 2.05) is 25.1 Å². The molecule has 158 valence electrons. The predicted molar refractivity (Wildman–Crippen MR) is 126 cm³/mol. The number of nitrogens with one attached hydrogen (secondary N) is 1. The summed E-state index contributed by atoms with van der Waals surface area (Å²) in [5.41, 5.74) is 3.52. The molecule has 1 heterocycles. The van der Waals surface area contributed by atoms with Crippen LogP contribution in [0, 0.1) is 0 Å². The Hall–Kier alpha value is -3.09. The summed E-state index contributed by atoms with van der Waals surface area (Å²) in [6.07, 6.45) is 0.701. The van der Waals surface area contributed by atoms with Gasteiger partial charge in [-0.2, -0.15) is 0 Å². The van der Waals surface area contributed by atoms with E-state index in [0.29, 0.717) is 39.5 Å². The highest BCUT2D eigenvalue weighted by molar-refractivity contribution is 7.97. The van der Waals surface area contributed by atoms with Crippen molar-refractivity contribution in [1.82, 2.24) is 0 Å². The monoisotopic (exact) mass is 452 g/mol. The number of amides is 1. The molecule has 7 heteroatoms. The number of fused-ring (bicyclic) bond motifs is 1. The van der Waals surface area contributed by atoms with E-state index in [-0.39, 0.29) is 4.91 Å². The van der Waals surface area contributed by atoms with Gasteiger partial charge in [0.1, 0.15) is 0 Å². The lowest BCUT2D eigenvalue weighted by Crippen LogP contribution is -2.37. The number of carbonyl (C=O) groups excluding carboxylic acids is 1. The van der Waals surface area contributed by atoms with Crippen molar-refractivity contribution in [3.05, 3.63) is 99.4 Å². The Kier molecular flexibility index (Phi) is 5.60. The summed E-state index contributed by atoms with van der Waals surface area (Å²) in [6, 6.07) is 21.4. The normalized spacial score (nSPS) is 14.9. The van der Waals surface area contributed by atoms with Crippen LogP contribution in [-0.4, -0.2) is 21.4 Å². The number of sulfonamides is 1. The molecule has 31 heavy (non-hydrogen) atoms. The number of rotatable bonds is 4. The Bertz CT molecular complexity index is 1300. The Morgan fingerprint density at radius 3 is 2.39 bits per heavy atom. The number of para-hydroxylation sites is 1. The van der Waals surface area contributed by atoms with Gasteiger partial charge in [-0.05, 0) is 41.8 Å². The van der Waals surface area contributed by atoms with E-state index in [9.17, 15) is 13.2 Å². The van der Waals surface area contributed by atoms with Crippen LogP contribution in [0.25, 0.3) is 5.57 Å². The molecule has 0 fully saturated rings. The Balaban J connectivity index is 1.99. The van der Waals surface area contributed by atoms with Gasteiger partial charge in [0.05, 0.1) is 5.69 Å². The second-order valence-corrected chi connectivity index (χ2v) is 9.51. The first-order valence-electron chi connectivity index (χ1n) is 9.82. The third-order valence-electron chi connectivity index (χ3n) is 5.33. The van der Waals surface area contributed by atoms with Crippen LogP contribution in [0.5, 0.6) is 0 Å². The van der Waals surface area contributed by atoms with Gasteiger partial charge in [0.25, 0.3) is 15.9 Å². The second-order valence-electron chi connectivity index (χ2n) is 7.17. The number of anilines is 2. The van der Waals surface area contributed by atoms with Gasteiger partial charge in [0.15, 0.2) is 4.91 Å². The molecule has 0 aromatic heterocycles. The van der Waals surface area contributed by atoms with Crippen LogP contribution in [-0.2, 0) is 21.2 Å². The number of aryl methyl sites for hydroxylation is 1. The summed E-state index contributed by atoms with van der Waals surface area (Å²) in [5, 5.41) is 3.27. The van der Waals surface area contributed by atoms with E-state index in [0.717, 1.165) is 9.87 Å². The smallest absolute Gasteiger partial charge is 0.270 e. The first kappa shape index (κ1) is 21.2. The molecule has 0 bridgehead atoms. The lowest BCUT2D eigenvalue weighted by Gasteiger charge is -2.31. The number of halogens is 1. The van der Waals surface area contributed by atoms with Crippen molar-refractivity contribution in [3.8, 4) is 0 Å². The van der Waals surface area contributed by atoms with Gasteiger partial charge in [0.2, 0.25) is 0 Å². The summed E-state index contributed by atoms with van der Waals surface area (Å²) in [6.45, 7) is 1.98. The van der Waals surface area contributed by atoms with Crippen molar-refractivity contribution in [1.29, 1.82) is 0 Å². The molecule has 0 aliphatic carbocycles. The second kappa shape index (κ2) is 8.21. The van der Waals surface area contributed by atoms with E-state index in [1.165, 1.54) is 7.05 Å². The average Bonchev–Trinajstić information content (AvgIpc) is 2.77. The molecule has 1 aliphatic heterocycles. The molecule has 1 amide bonds. The predicted octanol–water partition coefficient (Wildman–Crippen LogP) is 5.08. The fraction of sp³-hybridized carbons (Fsp3) is 0.125. The largest absolute Gasteiger partial charge is 0.321 e. The first-order chi connectivity index (χ1) is 14.8. The summed E-state index contributed by atoms with van der Waals surface area (Å²) < 4.78 is 28.1. The molecular weight excluding hydrogens is 432 g/mol.